The molecule has 72 valence electrons. The molecular formula is C9H8N2O3. The zero-order valence-electron chi connectivity index (χ0n) is 7.32. The lowest BCUT2D eigenvalue weighted by molar-refractivity contribution is -0.385. The fourth-order valence-corrected chi connectivity index (χ4v) is 1.62. The predicted octanol–water partition coefficient (Wildman–Crippen LogP) is 0.881. The van der Waals surface area contributed by atoms with Crippen molar-refractivity contribution < 1.29 is 9.72 Å². The second-order valence-electron chi connectivity index (χ2n) is 3.07. The normalized spacial score (nSPS) is 14.4. The number of nitro groups is 1. The average molecular weight is 192 g/mol. The Kier molecular flexibility index (Phi) is 1.92. The van der Waals surface area contributed by atoms with Gasteiger partial charge in [0.15, 0.2) is 0 Å². The molecule has 1 aliphatic rings. The Bertz CT molecular complexity index is 400. The van der Waals surface area contributed by atoms with Crippen LogP contribution in [-0.4, -0.2) is 17.4 Å². The molecule has 1 heterocycles. The van der Waals surface area contributed by atoms with Gasteiger partial charge in [0.1, 0.15) is 0 Å². The predicted molar refractivity (Wildman–Crippen MR) is 49.1 cm³/mol. The van der Waals surface area contributed by atoms with Gasteiger partial charge >= 0.3 is 0 Å². The molecule has 0 spiro atoms. The summed E-state index contributed by atoms with van der Waals surface area (Å²) < 4.78 is 0. The molecule has 1 aromatic carbocycles. The SMILES string of the molecule is O=C1NCCc2c1cccc2[N+](=O)[O-]. The molecule has 1 aromatic rings. The van der Waals surface area contributed by atoms with E-state index in [1.165, 1.54) is 12.1 Å². The quantitative estimate of drug-likeness (QED) is 0.530. The van der Waals surface area contributed by atoms with Crippen molar-refractivity contribution in [3.63, 3.8) is 0 Å². The minimum absolute atomic E-state index is 0.0392. The maximum absolute atomic E-state index is 11.3. The van der Waals surface area contributed by atoms with Gasteiger partial charge in [-0.05, 0) is 12.5 Å². The van der Waals surface area contributed by atoms with E-state index in [2.05, 4.69) is 5.32 Å². The van der Waals surface area contributed by atoms with Gasteiger partial charge in [0, 0.05) is 23.7 Å². The molecule has 2 rings (SSSR count). The van der Waals surface area contributed by atoms with Crippen LogP contribution in [0.25, 0.3) is 0 Å². The van der Waals surface area contributed by atoms with Crippen LogP contribution < -0.4 is 5.32 Å². The lowest BCUT2D eigenvalue weighted by atomic mass is 9.99. The average Bonchev–Trinajstić information content (AvgIpc) is 2.17. The number of nitrogens with zero attached hydrogens (tertiary/aromatic N) is 1. The zero-order chi connectivity index (χ0) is 10.1. The summed E-state index contributed by atoms with van der Waals surface area (Å²) >= 11 is 0. The molecule has 0 bridgehead atoms. The van der Waals surface area contributed by atoms with Crippen molar-refractivity contribution in [2.24, 2.45) is 0 Å². The molecular weight excluding hydrogens is 184 g/mol. The van der Waals surface area contributed by atoms with E-state index in [1.54, 1.807) is 6.07 Å². The number of amides is 1. The highest BCUT2D eigenvalue weighted by atomic mass is 16.6. The topological polar surface area (TPSA) is 72.2 Å². The minimum atomic E-state index is -0.447. The second-order valence-corrected chi connectivity index (χ2v) is 3.07. The summed E-state index contributed by atoms with van der Waals surface area (Å²) in [5.41, 5.74) is 1.00. The Morgan fingerprint density at radius 3 is 2.93 bits per heavy atom. The molecule has 1 amide bonds. The molecule has 0 saturated heterocycles. The van der Waals surface area contributed by atoms with E-state index < -0.39 is 4.92 Å². The molecule has 1 N–H and O–H groups in total. The van der Waals surface area contributed by atoms with E-state index >= 15 is 0 Å². The molecule has 0 aromatic heterocycles. The highest BCUT2D eigenvalue weighted by molar-refractivity contribution is 5.97. The standard InChI is InChI=1S/C9H8N2O3/c12-9-7-2-1-3-8(11(13)14)6(7)4-5-10-9/h1-3H,4-5H2,(H,10,12). The van der Waals surface area contributed by atoms with Crippen LogP contribution >= 0.6 is 0 Å². The number of carbonyl (C=O) groups is 1. The fourth-order valence-electron chi connectivity index (χ4n) is 1.62. The first-order valence-corrected chi connectivity index (χ1v) is 4.24. The highest BCUT2D eigenvalue weighted by Crippen LogP contribution is 2.24. The van der Waals surface area contributed by atoms with Gasteiger partial charge in [-0.25, -0.2) is 0 Å². The van der Waals surface area contributed by atoms with Crippen molar-refractivity contribution >= 4 is 11.6 Å². The summed E-state index contributed by atoms with van der Waals surface area (Å²) in [6.07, 6.45) is 0.526. The van der Waals surface area contributed by atoms with Crippen LogP contribution in [0, 0.1) is 10.1 Å². The van der Waals surface area contributed by atoms with Crippen LogP contribution in [0.4, 0.5) is 5.69 Å². The van der Waals surface area contributed by atoms with Crippen LogP contribution in [-0.2, 0) is 6.42 Å². The van der Waals surface area contributed by atoms with Gasteiger partial charge in [0.25, 0.3) is 11.6 Å². The summed E-state index contributed by atoms with van der Waals surface area (Å²) in [6.45, 7) is 0.469. The number of rotatable bonds is 1. The van der Waals surface area contributed by atoms with Crippen molar-refractivity contribution in [2.45, 2.75) is 6.42 Å². The van der Waals surface area contributed by atoms with E-state index in [0.717, 1.165) is 0 Å². The molecule has 0 saturated carbocycles. The Morgan fingerprint density at radius 2 is 2.21 bits per heavy atom. The fraction of sp³-hybridized carbons (Fsp3) is 0.222. The van der Waals surface area contributed by atoms with E-state index in [4.69, 9.17) is 0 Å². The Balaban J connectivity index is 2.60. The lowest BCUT2D eigenvalue weighted by Gasteiger charge is -2.15. The second kappa shape index (κ2) is 3.10. The zero-order valence-corrected chi connectivity index (χ0v) is 7.32. The number of carbonyl (C=O) groups excluding carboxylic acids is 1. The molecule has 1 aliphatic heterocycles. The van der Waals surface area contributed by atoms with Crippen LogP contribution in [0.15, 0.2) is 18.2 Å². The number of fused-ring (bicyclic) bond motifs is 1. The molecule has 0 unspecified atom stereocenters. The maximum Gasteiger partial charge on any atom is 0.273 e. The summed E-state index contributed by atoms with van der Waals surface area (Å²) in [6, 6.07) is 4.57. The first-order chi connectivity index (χ1) is 6.70. The monoisotopic (exact) mass is 192 g/mol. The van der Waals surface area contributed by atoms with Crippen LogP contribution in [0.3, 0.4) is 0 Å². The molecule has 0 aliphatic carbocycles. The number of hydrogen-bond acceptors (Lipinski definition) is 3. The molecule has 14 heavy (non-hydrogen) atoms. The largest absolute Gasteiger partial charge is 0.352 e. The van der Waals surface area contributed by atoms with Gasteiger partial charge in [-0.15, -0.1) is 0 Å². The van der Waals surface area contributed by atoms with Crippen LogP contribution in [0.5, 0.6) is 0 Å². The van der Waals surface area contributed by atoms with Gasteiger partial charge in [0.2, 0.25) is 0 Å². The van der Waals surface area contributed by atoms with Crippen molar-refractivity contribution in [1.82, 2.24) is 5.32 Å². The van der Waals surface area contributed by atoms with Crippen molar-refractivity contribution in [3.05, 3.63) is 39.4 Å². The molecule has 0 fully saturated rings. The van der Waals surface area contributed by atoms with Crippen LogP contribution in [0.1, 0.15) is 15.9 Å². The van der Waals surface area contributed by atoms with Crippen LogP contribution in [0.2, 0.25) is 0 Å². The smallest absolute Gasteiger partial charge is 0.273 e. The molecule has 5 nitrogen and oxygen atoms in total. The van der Waals surface area contributed by atoms with Crippen molar-refractivity contribution in [2.75, 3.05) is 6.54 Å². The maximum atomic E-state index is 11.3. The lowest BCUT2D eigenvalue weighted by Crippen LogP contribution is -2.32. The summed E-state index contributed by atoms with van der Waals surface area (Å²) in [5.74, 6) is -0.227. The first-order valence-electron chi connectivity index (χ1n) is 4.24. The Morgan fingerprint density at radius 1 is 1.43 bits per heavy atom. The van der Waals surface area contributed by atoms with Crippen molar-refractivity contribution in [3.8, 4) is 0 Å². The van der Waals surface area contributed by atoms with E-state index in [0.29, 0.717) is 24.1 Å². The van der Waals surface area contributed by atoms with Gasteiger partial charge in [-0.2, -0.15) is 0 Å². The third-order valence-electron chi connectivity index (χ3n) is 2.25. The number of hydrogen-bond donors (Lipinski definition) is 1. The van der Waals surface area contributed by atoms with E-state index in [9.17, 15) is 14.9 Å². The van der Waals surface area contributed by atoms with E-state index in [1.807, 2.05) is 0 Å². The first kappa shape index (κ1) is 8.68. The number of nitro benzene ring substituents is 1. The van der Waals surface area contributed by atoms with Gasteiger partial charge in [0.05, 0.1) is 4.92 Å². The molecule has 5 heteroatoms. The number of nitrogens with one attached hydrogen (secondary N) is 1. The summed E-state index contributed by atoms with van der Waals surface area (Å²) in [7, 11) is 0. The van der Waals surface area contributed by atoms with Gasteiger partial charge in [-0.1, -0.05) is 6.07 Å². The van der Waals surface area contributed by atoms with E-state index in [-0.39, 0.29) is 11.6 Å². The van der Waals surface area contributed by atoms with Crippen molar-refractivity contribution in [1.29, 1.82) is 0 Å². The minimum Gasteiger partial charge on any atom is -0.352 e. The van der Waals surface area contributed by atoms with Gasteiger partial charge in [-0.3, -0.25) is 14.9 Å². The number of benzene rings is 1. The van der Waals surface area contributed by atoms with Gasteiger partial charge < -0.3 is 5.32 Å². The summed E-state index contributed by atoms with van der Waals surface area (Å²) in [4.78, 5) is 21.5. The summed E-state index contributed by atoms with van der Waals surface area (Å²) in [5, 5.41) is 13.3. The highest BCUT2D eigenvalue weighted by Gasteiger charge is 2.24. The Labute approximate surface area is 79.9 Å². The third kappa shape index (κ3) is 1.22. The molecule has 0 radical (unpaired) electrons. The molecule has 0 atom stereocenters. The Hall–Kier alpha value is -1.91. The third-order valence-corrected chi connectivity index (χ3v) is 2.25.